The quantitative estimate of drug-likeness (QED) is 0.812. The van der Waals surface area contributed by atoms with Crippen LogP contribution in [0.1, 0.15) is 40.0 Å². The maximum absolute atomic E-state index is 11.6. The lowest BCUT2D eigenvalue weighted by Gasteiger charge is -2.24. The molecule has 2 atom stereocenters. The summed E-state index contributed by atoms with van der Waals surface area (Å²) in [4.78, 5) is 11.6. The highest BCUT2D eigenvalue weighted by Crippen LogP contribution is 2.29. The van der Waals surface area contributed by atoms with E-state index in [9.17, 15) is 4.79 Å². The molecule has 1 fully saturated rings. The second-order valence-corrected chi connectivity index (χ2v) is 6.86. The van der Waals surface area contributed by atoms with Crippen LogP contribution in [0.4, 0.5) is 4.79 Å². The summed E-state index contributed by atoms with van der Waals surface area (Å²) in [5.41, 5.74) is 5.23. The van der Waals surface area contributed by atoms with Crippen molar-refractivity contribution >= 4 is 17.9 Å². The van der Waals surface area contributed by atoms with Crippen molar-refractivity contribution in [3.05, 3.63) is 0 Å². The number of carbonyl (C=O) groups excluding carboxylic acids is 1. The third-order valence-corrected chi connectivity index (χ3v) is 4.00. The van der Waals surface area contributed by atoms with Crippen LogP contribution in [0.25, 0.3) is 0 Å². The second kappa shape index (κ2) is 6.50. The first-order valence-corrected chi connectivity index (χ1v) is 7.27. The fourth-order valence-corrected chi connectivity index (χ4v) is 3.20. The van der Waals surface area contributed by atoms with E-state index in [1.165, 1.54) is 18.6 Å². The summed E-state index contributed by atoms with van der Waals surface area (Å²) in [6, 6.07) is 0.0282. The van der Waals surface area contributed by atoms with Gasteiger partial charge in [0, 0.05) is 17.8 Å². The molecule has 4 nitrogen and oxygen atoms in total. The zero-order valence-electron chi connectivity index (χ0n) is 11.0. The van der Waals surface area contributed by atoms with Crippen molar-refractivity contribution in [3.8, 4) is 0 Å². The lowest BCUT2D eigenvalue weighted by atomic mass is 10.1. The molecule has 0 saturated carbocycles. The largest absolute Gasteiger partial charge is 0.444 e. The first-order valence-electron chi connectivity index (χ1n) is 6.22. The summed E-state index contributed by atoms with van der Waals surface area (Å²) in [5, 5.41) is 3.49. The molecule has 1 heterocycles. The number of nitrogens with two attached hydrogens (primary N) is 1. The van der Waals surface area contributed by atoms with Crippen molar-refractivity contribution in [2.24, 2.45) is 5.73 Å². The van der Waals surface area contributed by atoms with E-state index >= 15 is 0 Å². The van der Waals surface area contributed by atoms with Gasteiger partial charge in [-0.2, -0.15) is 11.8 Å². The zero-order chi connectivity index (χ0) is 12.9. The van der Waals surface area contributed by atoms with Crippen LogP contribution in [-0.4, -0.2) is 35.3 Å². The van der Waals surface area contributed by atoms with Gasteiger partial charge in [0.05, 0.1) is 0 Å². The van der Waals surface area contributed by atoms with Crippen LogP contribution in [0.3, 0.4) is 0 Å². The summed E-state index contributed by atoms with van der Waals surface area (Å²) < 4.78 is 5.22. The summed E-state index contributed by atoms with van der Waals surface area (Å²) in [5.74, 6) is 1.23. The van der Waals surface area contributed by atoms with Crippen LogP contribution in [0.2, 0.25) is 0 Å². The van der Waals surface area contributed by atoms with Crippen LogP contribution in [0.5, 0.6) is 0 Å². The van der Waals surface area contributed by atoms with Gasteiger partial charge in [0.1, 0.15) is 5.60 Å². The molecule has 100 valence electrons. The highest BCUT2D eigenvalue weighted by Gasteiger charge is 2.23. The number of nitrogens with one attached hydrogen (secondary N) is 1. The maximum Gasteiger partial charge on any atom is 0.407 e. The van der Waals surface area contributed by atoms with Gasteiger partial charge in [-0.15, -0.1) is 0 Å². The van der Waals surface area contributed by atoms with E-state index in [4.69, 9.17) is 10.5 Å². The van der Waals surface area contributed by atoms with Crippen LogP contribution in [-0.2, 0) is 4.74 Å². The van der Waals surface area contributed by atoms with Gasteiger partial charge in [0.15, 0.2) is 0 Å². The van der Waals surface area contributed by atoms with Gasteiger partial charge in [0.25, 0.3) is 0 Å². The smallest absolute Gasteiger partial charge is 0.407 e. The number of amides is 1. The Kier molecular flexibility index (Phi) is 5.59. The third-order valence-electron chi connectivity index (χ3n) is 2.58. The third kappa shape index (κ3) is 6.17. The Morgan fingerprint density at radius 2 is 2.29 bits per heavy atom. The van der Waals surface area contributed by atoms with Crippen LogP contribution >= 0.6 is 11.8 Å². The molecule has 2 unspecified atom stereocenters. The van der Waals surface area contributed by atoms with E-state index in [2.05, 4.69) is 5.32 Å². The van der Waals surface area contributed by atoms with E-state index in [1.807, 2.05) is 32.5 Å². The fraction of sp³-hybridized carbons (Fsp3) is 0.917. The predicted molar refractivity (Wildman–Crippen MR) is 72.3 cm³/mol. The van der Waals surface area contributed by atoms with Crippen molar-refractivity contribution in [2.45, 2.75) is 56.9 Å². The molecule has 0 bridgehead atoms. The predicted octanol–water partition coefficient (Wildman–Crippen LogP) is 2.12. The maximum atomic E-state index is 11.6. The summed E-state index contributed by atoms with van der Waals surface area (Å²) in [6.07, 6.45) is 3.09. The summed E-state index contributed by atoms with van der Waals surface area (Å²) in [6.45, 7) is 6.04. The molecule has 0 aromatic carbocycles. The molecule has 0 aliphatic carbocycles. The minimum atomic E-state index is -0.453. The lowest BCUT2D eigenvalue weighted by Crippen LogP contribution is -2.44. The van der Waals surface area contributed by atoms with Crippen LogP contribution in [0, 0.1) is 0 Å². The first-order chi connectivity index (χ1) is 7.90. The average Bonchev–Trinajstić information content (AvgIpc) is 2.66. The molecule has 5 heteroatoms. The van der Waals surface area contributed by atoms with Crippen molar-refractivity contribution in [1.29, 1.82) is 0 Å². The molecule has 0 spiro atoms. The number of carbonyl (C=O) groups is 1. The number of thioether (sulfide) groups is 1. The molecule has 1 aliphatic heterocycles. The minimum absolute atomic E-state index is 0.0282. The Morgan fingerprint density at radius 1 is 1.59 bits per heavy atom. The second-order valence-electron chi connectivity index (χ2n) is 5.45. The number of hydrogen-bond acceptors (Lipinski definition) is 4. The van der Waals surface area contributed by atoms with E-state index in [1.54, 1.807) is 0 Å². The Morgan fingerprint density at radius 3 is 2.76 bits per heavy atom. The Hall–Kier alpha value is -0.420. The van der Waals surface area contributed by atoms with Gasteiger partial charge in [-0.25, -0.2) is 4.79 Å². The van der Waals surface area contributed by atoms with E-state index in [0.29, 0.717) is 11.8 Å². The molecule has 1 saturated heterocycles. The number of hydrogen-bond donors (Lipinski definition) is 2. The topological polar surface area (TPSA) is 64.3 Å². The van der Waals surface area contributed by atoms with Gasteiger partial charge in [-0.1, -0.05) is 0 Å². The van der Waals surface area contributed by atoms with Crippen molar-refractivity contribution in [3.63, 3.8) is 0 Å². The number of rotatable bonds is 4. The monoisotopic (exact) mass is 260 g/mol. The molecular formula is C12H24N2O2S. The van der Waals surface area contributed by atoms with Crippen LogP contribution in [0.15, 0.2) is 0 Å². The minimum Gasteiger partial charge on any atom is -0.444 e. The Bertz CT molecular complexity index is 247. The van der Waals surface area contributed by atoms with Gasteiger partial charge < -0.3 is 15.8 Å². The first kappa shape index (κ1) is 14.6. The Balaban J connectivity index is 2.32. The van der Waals surface area contributed by atoms with Crippen molar-refractivity contribution in [2.75, 3.05) is 12.3 Å². The standard InChI is InChI=1S/C12H24N2O2S/c1-12(2,3)16-11(15)14-9(8-13)7-10-5-4-6-17-10/h9-10H,4-8,13H2,1-3H3,(H,14,15). The van der Waals surface area contributed by atoms with Gasteiger partial charge >= 0.3 is 6.09 Å². The molecule has 1 rings (SSSR count). The zero-order valence-corrected chi connectivity index (χ0v) is 11.8. The lowest BCUT2D eigenvalue weighted by molar-refractivity contribution is 0.0503. The molecule has 17 heavy (non-hydrogen) atoms. The number of ether oxygens (including phenoxy) is 1. The van der Waals surface area contributed by atoms with Crippen LogP contribution < -0.4 is 11.1 Å². The molecular weight excluding hydrogens is 236 g/mol. The molecule has 0 aromatic rings. The van der Waals surface area contributed by atoms with Gasteiger partial charge in [-0.3, -0.25) is 0 Å². The highest BCUT2D eigenvalue weighted by atomic mass is 32.2. The van der Waals surface area contributed by atoms with Crippen molar-refractivity contribution in [1.82, 2.24) is 5.32 Å². The van der Waals surface area contributed by atoms with Crippen molar-refractivity contribution < 1.29 is 9.53 Å². The highest BCUT2D eigenvalue weighted by molar-refractivity contribution is 8.00. The van der Waals surface area contributed by atoms with E-state index in [0.717, 1.165) is 6.42 Å². The SMILES string of the molecule is CC(C)(C)OC(=O)NC(CN)CC1CCCS1. The summed E-state index contributed by atoms with van der Waals surface area (Å²) in [7, 11) is 0. The molecule has 3 N–H and O–H groups in total. The average molecular weight is 260 g/mol. The molecule has 0 radical (unpaired) electrons. The molecule has 1 amide bonds. The molecule has 0 aromatic heterocycles. The fourth-order valence-electron chi connectivity index (χ4n) is 1.84. The number of alkyl carbamates (subject to hydrolysis) is 1. The Labute approximate surface area is 108 Å². The molecule has 1 aliphatic rings. The van der Waals surface area contributed by atoms with E-state index in [-0.39, 0.29) is 12.1 Å². The van der Waals surface area contributed by atoms with Gasteiger partial charge in [-0.05, 0) is 45.8 Å². The summed E-state index contributed by atoms with van der Waals surface area (Å²) >= 11 is 1.98. The normalized spacial score (nSPS) is 22.2. The van der Waals surface area contributed by atoms with Gasteiger partial charge in [0.2, 0.25) is 0 Å². The van der Waals surface area contributed by atoms with E-state index < -0.39 is 5.60 Å².